The zero-order valence-electron chi connectivity index (χ0n) is 9.26. The molecule has 90 valence electrons. The van der Waals surface area contributed by atoms with Crippen molar-refractivity contribution in [1.82, 2.24) is 9.80 Å². The molecule has 2 heterocycles. The van der Waals surface area contributed by atoms with Crippen molar-refractivity contribution in [1.29, 1.82) is 0 Å². The molecule has 2 fully saturated rings. The lowest BCUT2D eigenvalue weighted by atomic mass is 10.2. The molecule has 0 bridgehead atoms. The van der Waals surface area contributed by atoms with Crippen LogP contribution in [0.2, 0.25) is 0 Å². The number of aliphatic carboxylic acids is 1. The Morgan fingerprint density at radius 3 is 2.88 bits per heavy atom. The van der Waals surface area contributed by atoms with Crippen molar-refractivity contribution in [2.75, 3.05) is 26.8 Å². The summed E-state index contributed by atoms with van der Waals surface area (Å²) >= 11 is 0. The molecule has 6 heteroatoms. The summed E-state index contributed by atoms with van der Waals surface area (Å²) in [5, 5.41) is 9.08. The van der Waals surface area contributed by atoms with Crippen LogP contribution in [-0.2, 0) is 14.3 Å². The van der Waals surface area contributed by atoms with Crippen molar-refractivity contribution in [2.45, 2.75) is 25.0 Å². The number of morpholine rings is 1. The largest absolute Gasteiger partial charge is 0.480 e. The quantitative estimate of drug-likeness (QED) is 0.680. The molecular formula is C10H16N2O4. The fourth-order valence-corrected chi connectivity index (χ4v) is 2.39. The number of rotatable bonds is 2. The number of likely N-dealkylation sites (tertiary alicyclic amines) is 1. The number of nitrogens with zero attached hydrogens (tertiary/aromatic N) is 2. The molecule has 0 aromatic carbocycles. The minimum absolute atomic E-state index is 0.00583. The minimum Gasteiger partial charge on any atom is -0.480 e. The first-order valence-electron chi connectivity index (χ1n) is 5.43. The van der Waals surface area contributed by atoms with E-state index in [4.69, 9.17) is 9.84 Å². The monoisotopic (exact) mass is 228 g/mol. The Bertz CT molecular complexity index is 307. The van der Waals surface area contributed by atoms with Gasteiger partial charge in [-0.2, -0.15) is 0 Å². The maximum absolute atomic E-state index is 11.8. The van der Waals surface area contributed by atoms with Gasteiger partial charge in [-0.1, -0.05) is 0 Å². The van der Waals surface area contributed by atoms with E-state index in [0.29, 0.717) is 0 Å². The fraction of sp³-hybridized carbons (Fsp3) is 0.800. The van der Waals surface area contributed by atoms with Gasteiger partial charge in [0, 0.05) is 0 Å². The molecule has 2 atom stereocenters. The lowest BCUT2D eigenvalue weighted by molar-refractivity contribution is -0.169. The van der Waals surface area contributed by atoms with Gasteiger partial charge in [0.2, 0.25) is 0 Å². The summed E-state index contributed by atoms with van der Waals surface area (Å²) in [6.07, 6.45) is 1.75. The van der Waals surface area contributed by atoms with Gasteiger partial charge in [-0.3, -0.25) is 9.69 Å². The first-order chi connectivity index (χ1) is 7.61. The molecule has 0 radical (unpaired) electrons. The first-order valence-corrected chi connectivity index (χ1v) is 5.43. The highest BCUT2D eigenvalue weighted by Gasteiger charge is 2.41. The van der Waals surface area contributed by atoms with E-state index in [1.54, 1.807) is 0 Å². The van der Waals surface area contributed by atoms with E-state index >= 15 is 0 Å². The Kier molecular flexibility index (Phi) is 3.11. The summed E-state index contributed by atoms with van der Waals surface area (Å²) < 4.78 is 4.99. The number of carbonyl (C=O) groups is 2. The van der Waals surface area contributed by atoms with Crippen molar-refractivity contribution in [3.8, 4) is 0 Å². The maximum Gasteiger partial charge on any atom is 0.328 e. The van der Waals surface area contributed by atoms with Crippen molar-refractivity contribution >= 4 is 11.9 Å². The second-order valence-electron chi connectivity index (χ2n) is 4.27. The average molecular weight is 228 g/mol. The molecule has 2 rings (SSSR count). The summed E-state index contributed by atoms with van der Waals surface area (Å²) in [4.78, 5) is 26.3. The van der Waals surface area contributed by atoms with Crippen LogP contribution in [0.3, 0.4) is 0 Å². The predicted molar refractivity (Wildman–Crippen MR) is 54.7 cm³/mol. The first kappa shape index (κ1) is 11.3. The van der Waals surface area contributed by atoms with Gasteiger partial charge in [0.25, 0.3) is 5.91 Å². The number of carboxylic acid groups (broad SMARTS) is 1. The highest BCUT2D eigenvalue weighted by atomic mass is 16.5. The average Bonchev–Trinajstić information content (AvgIpc) is 2.64. The number of carbonyl (C=O) groups excluding carboxylic acids is 1. The lowest BCUT2D eigenvalue weighted by Crippen LogP contribution is -2.59. The van der Waals surface area contributed by atoms with Crippen LogP contribution >= 0.6 is 0 Å². The van der Waals surface area contributed by atoms with E-state index in [1.165, 1.54) is 4.90 Å². The summed E-state index contributed by atoms with van der Waals surface area (Å²) in [7, 11) is 1.92. The lowest BCUT2D eigenvalue weighted by Gasteiger charge is -2.39. The molecule has 2 aliphatic rings. The molecule has 0 aromatic rings. The molecule has 2 unspecified atom stereocenters. The van der Waals surface area contributed by atoms with Crippen LogP contribution in [0.1, 0.15) is 12.8 Å². The summed E-state index contributed by atoms with van der Waals surface area (Å²) in [6.45, 7) is 0.987. The topological polar surface area (TPSA) is 70.1 Å². The third kappa shape index (κ3) is 1.90. The van der Waals surface area contributed by atoms with Crippen LogP contribution in [-0.4, -0.2) is 65.8 Å². The summed E-state index contributed by atoms with van der Waals surface area (Å²) in [5.41, 5.74) is 0. The van der Waals surface area contributed by atoms with Crippen LogP contribution in [0.15, 0.2) is 0 Å². The number of carboxylic acids is 1. The molecule has 6 nitrogen and oxygen atoms in total. The SMILES string of the molecule is CN1CCCC1N1C(=O)COCC1C(=O)O. The second kappa shape index (κ2) is 4.39. The van der Waals surface area contributed by atoms with Crippen LogP contribution in [0.5, 0.6) is 0 Å². The minimum atomic E-state index is -0.992. The molecule has 1 N–H and O–H groups in total. The van der Waals surface area contributed by atoms with Crippen molar-refractivity contribution < 1.29 is 19.4 Å². The Hall–Kier alpha value is -1.14. The van der Waals surface area contributed by atoms with E-state index in [0.717, 1.165) is 19.4 Å². The van der Waals surface area contributed by atoms with Crippen molar-refractivity contribution in [3.63, 3.8) is 0 Å². The van der Waals surface area contributed by atoms with Gasteiger partial charge in [0.05, 0.1) is 12.8 Å². The van der Waals surface area contributed by atoms with E-state index in [1.807, 2.05) is 11.9 Å². The van der Waals surface area contributed by atoms with Crippen LogP contribution in [0, 0.1) is 0 Å². The van der Waals surface area contributed by atoms with E-state index in [9.17, 15) is 9.59 Å². The fourth-order valence-electron chi connectivity index (χ4n) is 2.39. The molecule has 0 spiro atoms. The standard InChI is InChI=1S/C10H16N2O4/c1-11-4-2-3-8(11)12-7(10(14)15)5-16-6-9(12)13/h7-8H,2-6H2,1H3,(H,14,15). The van der Waals surface area contributed by atoms with E-state index in [-0.39, 0.29) is 25.3 Å². The van der Waals surface area contributed by atoms with Crippen molar-refractivity contribution in [3.05, 3.63) is 0 Å². The Balaban J connectivity index is 2.18. The van der Waals surface area contributed by atoms with Crippen LogP contribution in [0.25, 0.3) is 0 Å². The zero-order valence-corrected chi connectivity index (χ0v) is 9.26. The Labute approximate surface area is 93.8 Å². The molecule has 1 amide bonds. The summed E-state index contributed by atoms with van der Waals surface area (Å²) in [5.74, 6) is -1.22. The number of amides is 1. The van der Waals surface area contributed by atoms with E-state index in [2.05, 4.69) is 0 Å². The normalized spacial score (nSPS) is 32.1. The van der Waals surface area contributed by atoms with Gasteiger partial charge in [-0.15, -0.1) is 0 Å². The van der Waals surface area contributed by atoms with Gasteiger partial charge in [-0.25, -0.2) is 4.79 Å². The third-order valence-electron chi connectivity index (χ3n) is 3.21. The molecule has 0 aromatic heterocycles. The highest BCUT2D eigenvalue weighted by Crippen LogP contribution is 2.23. The maximum atomic E-state index is 11.8. The van der Waals surface area contributed by atoms with Crippen LogP contribution < -0.4 is 0 Å². The second-order valence-corrected chi connectivity index (χ2v) is 4.27. The highest BCUT2D eigenvalue weighted by molar-refractivity contribution is 5.85. The van der Waals surface area contributed by atoms with Gasteiger partial charge in [0.1, 0.15) is 6.61 Å². The molecule has 2 saturated heterocycles. The zero-order chi connectivity index (χ0) is 11.7. The summed E-state index contributed by atoms with van der Waals surface area (Å²) in [6, 6.07) is -0.841. The number of ether oxygens (including phenoxy) is 1. The van der Waals surface area contributed by atoms with Crippen LogP contribution in [0.4, 0.5) is 0 Å². The van der Waals surface area contributed by atoms with Gasteiger partial charge < -0.3 is 14.7 Å². The Morgan fingerprint density at radius 2 is 2.31 bits per heavy atom. The van der Waals surface area contributed by atoms with E-state index < -0.39 is 12.0 Å². The number of hydrogen-bond acceptors (Lipinski definition) is 4. The smallest absolute Gasteiger partial charge is 0.328 e. The van der Waals surface area contributed by atoms with Crippen molar-refractivity contribution in [2.24, 2.45) is 0 Å². The molecule has 16 heavy (non-hydrogen) atoms. The van der Waals surface area contributed by atoms with Gasteiger partial charge >= 0.3 is 5.97 Å². The van der Waals surface area contributed by atoms with Gasteiger partial charge in [-0.05, 0) is 26.4 Å². The predicted octanol–water partition coefficient (Wildman–Crippen LogP) is -0.650. The molecule has 0 aliphatic carbocycles. The number of hydrogen-bond donors (Lipinski definition) is 1. The molecular weight excluding hydrogens is 212 g/mol. The molecule has 0 saturated carbocycles. The Morgan fingerprint density at radius 1 is 1.56 bits per heavy atom. The van der Waals surface area contributed by atoms with Gasteiger partial charge in [0.15, 0.2) is 6.04 Å². The molecule has 2 aliphatic heterocycles. The third-order valence-corrected chi connectivity index (χ3v) is 3.21.